The Hall–Kier alpha value is -0.770. The molecule has 0 aliphatic heterocycles. The van der Waals surface area contributed by atoms with Gasteiger partial charge in [-0.15, -0.1) is 12.6 Å². The molecule has 11 heavy (non-hydrogen) atoms. The van der Waals surface area contributed by atoms with Crippen LogP contribution in [0.5, 0.6) is 5.75 Å². The van der Waals surface area contributed by atoms with Gasteiger partial charge in [-0.2, -0.15) is 4.39 Å². The van der Waals surface area contributed by atoms with Gasteiger partial charge in [0.2, 0.25) is 5.82 Å². The smallest absolute Gasteiger partial charge is 0.201 e. The maximum Gasteiger partial charge on any atom is 0.201 e. The molecular formula is C7H6F2OS. The summed E-state index contributed by atoms with van der Waals surface area (Å²) >= 11 is 3.68. The molecule has 0 fully saturated rings. The van der Waals surface area contributed by atoms with Crippen molar-refractivity contribution in [2.45, 2.75) is 4.90 Å². The summed E-state index contributed by atoms with van der Waals surface area (Å²) < 4.78 is 29.9. The van der Waals surface area contributed by atoms with Crippen LogP contribution in [0.15, 0.2) is 17.0 Å². The molecule has 4 heteroatoms. The Kier molecular flexibility index (Phi) is 2.34. The molecule has 0 N–H and O–H groups in total. The van der Waals surface area contributed by atoms with Crippen LogP contribution in [0.2, 0.25) is 0 Å². The van der Waals surface area contributed by atoms with Crippen LogP contribution < -0.4 is 4.74 Å². The Morgan fingerprint density at radius 3 is 2.45 bits per heavy atom. The lowest BCUT2D eigenvalue weighted by atomic mass is 10.3. The second-order valence-corrected chi connectivity index (χ2v) is 2.40. The summed E-state index contributed by atoms with van der Waals surface area (Å²) in [5, 5.41) is 0. The quantitative estimate of drug-likeness (QED) is 0.646. The van der Waals surface area contributed by atoms with E-state index in [0.29, 0.717) is 0 Å². The molecule has 0 saturated carbocycles. The fraction of sp³-hybridized carbons (Fsp3) is 0.143. The standard InChI is InChI=1S/C7H6F2OS/c1-10-4-2-3-5(11)7(9)6(4)8/h2-3,11H,1H3. The maximum absolute atomic E-state index is 12.7. The first kappa shape index (κ1) is 8.33. The van der Waals surface area contributed by atoms with Crippen molar-refractivity contribution in [3.8, 4) is 5.75 Å². The molecule has 1 aromatic carbocycles. The lowest BCUT2D eigenvalue weighted by Gasteiger charge is -2.02. The van der Waals surface area contributed by atoms with E-state index in [1.807, 2.05) is 0 Å². The van der Waals surface area contributed by atoms with E-state index in [2.05, 4.69) is 17.4 Å². The minimum absolute atomic E-state index is 0.0247. The molecule has 0 spiro atoms. The minimum atomic E-state index is -1.000. The number of ether oxygens (including phenoxy) is 1. The summed E-state index contributed by atoms with van der Waals surface area (Å²) in [5.74, 6) is -2.09. The fourth-order valence-corrected chi connectivity index (χ4v) is 0.852. The van der Waals surface area contributed by atoms with Crippen molar-refractivity contribution >= 4 is 12.6 Å². The van der Waals surface area contributed by atoms with Crippen LogP contribution in [-0.2, 0) is 0 Å². The third-order valence-corrected chi connectivity index (χ3v) is 1.59. The van der Waals surface area contributed by atoms with Crippen molar-refractivity contribution in [2.24, 2.45) is 0 Å². The fourth-order valence-electron chi connectivity index (χ4n) is 0.679. The Morgan fingerprint density at radius 1 is 1.27 bits per heavy atom. The summed E-state index contributed by atoms with van der Waals surface area (Å²) in [5.41, 5.74) is 0. The summed E-state index contributed by atoms with van der Waals surface area (Å²) in [6.07, 6.45) is 0. The predicted octanol–water partition coefficient (Wildman–Crippen LogP) is 2.26. The Labute approximate surface area is 68.4 Å². The van der Waals surface area contributed by atoms with Gasteiger partial charge in [0, 0.05) is 4.90 Å². The summed E-state index contributed by atoms with van der Waals surface area (Å²) in [6, 6.07) is 2.65. The first-order valence-electron chi connectivity index (χ1n) is 2.87. The first-order chi connectivity index (χ1) is 5.16. The molecule has 1 nitrogen and oxygen atoms in total. The summed E-state index contributed by atoms with van der Waals surface area (Å²) in [6.45, 7) is 0. The SMILES string of the molecule is COc1ccc(S)c(F)c1F. The van der Waals surface area contributed by atoms with Crippen molar-refractivity contribution in [1.82, 2.24) is 0 Å². The van der Waals surface area contributed by atoms with E-state index < -0.39 is 11.6 Å². The zero-order chi connectivity index (χ0) is 8.43. The van der Waals surface area contributed by atoms with Gasteiger partial charge in [-0.3, -0.25) is 0 Å². The molecule has 0 atom stereocenters. The molecule has 1 rings (SSSR count). The molecule has 0 saturated heterocycles. The average Bonchev–Trinajstić information content (AvgIpc) is 2.01. The van der Waals surface area contributed by atoms with Gasteiger partial charge >= 0.3 is 0 Å². The molecule has 60 valence electrons. The molecule has 0 amide bonds. The van der Waals surface area contributed by atoms with E-state index in [0.717, 1.165) is 0 Å². The van der Waals surface area contributed by atoms with Gasteiger partial charge in [-0.1, -0.05) is 0 Å². The van der Waals surface area contributed by atoms with Crippen LogP contribution in [0, 0.1) is 11.6 Å². The van der Waals surface area contributed by atoms with Crippen LogP contribution in [-0.4, -0.2) is 7.11 Å². The highest BCUT2D eigenvalue weighted by atomic mass is 32.1. The van der Waals surface area contributed by atoms with E-state index >= 15 is 0 Å². The zero-order valence-corrected chi connectivity index (χ0v) is 6.66. The van der Waals surface area contributed by atoms with Gasteiger partial charge < -0.3 is 4.74 Å². The topological polar surface area (TPSA) is 9.23 Å². The Morgan fingerprint density at radius 2 is 1.91 bits per heavy atom. The number of hydrogen-bond donors (Lipinski definition) is 1. The lowest BCUT2D eigenvalue weighted by Crippen LogP contribution is -1.92. The van der Waals surface area contributed by atoms with Crippen molar-refractivity contribution in [3.05, 3.63) is 23.8 Å². The van der Waals surface area contributed by atoms with Crippen LogP contribution in [0.1, 0.15) is 0 Å². The second kappa shape index (κ2) is 3.09. The highest BCUT2D eigenvalue weighted by Crippen LogP contribution is 2.23. The normalized spacial score (nSPS) is 9.82. The van der Waals surface area contributed by atoms with Crippen LogP contribution in [0.25, 0.3) is 0 Å². The van der Waals surface area contributed by atoms with E-state index in [9.17, 15) is 8.78 Å². The molecule has 0 aliphatic carbocycles. The van der Waals surface area contributed by atoms with Gasteiger partial charge in [-0.25, -0.2) is 4.39 Å². The molecule has 0 aromatic heterocycles. The molecule has 0 heterocycles. The van der Waals surface area contributed by atoms with E-state index in [-0.39, 0.29) is 10.6 Å². The van der Waals surface area contributed by atoms with Crippen molar-refractivity contribution in [2.75, 3.05) is 7.11 Å². The number of hydrogen-bond acceptors (Lipinski definition) is 2. The third-order valence-electron chi connectivity index (χ3n) is 1.25. The van der Waals surface area contributed by atoms with Crippen molar-refractivity contribution in [3.63, 3.8) is 0 Å². The molecule has 0 unspecified atom stereocenters. The molecular weight excluding hydrogens is 170 g/mol. The van der Waals surface area contributed by atoms with Gasteiger partial charge in [0.05, 0.1) is 7.11 Å². The van der Waals surface area contributed by atoms with E-state index in [1.54, 1.807) is 0 Å². The third kappa shape index (κ3) is 1.45. The van der Waals surface area contributed by atoms with Gasteiger partial charge in [-0.05, 0) is 12.1 Å². The number of methoxy groups -OCH3 is 1. The Balaban J connectivity index is 3.25. The number of halogens is 2. The highest BCUT2D eigenvalue weighted by molar-refractivity contribution is 7.80. The average molecular weight is 176 g/mol. The maximum atomic E-state index is 12.7. The largest absolute Gasteiger partial charge is 0.494 e. The molecule has 0 bridgehead atoms. The summed E-state index contributed by atoms with van der Waals surface area (Å²) in [4.78, 5) is -0.0247. The van der Waals surface area contributed by atoms with Crippen molar-refractivity contribution in [1.29, 1.82) is 0 Å². The van der Waals surface area contributed by atoms with Gasteiger partial charge in [0.25, 0.3) is 0 Å². The molecule has 0 aliphatic rings. The summed E-state index contributed by atoms with van der Waals surface area (Å²) in [7, 11) is 1.27. The predicted molar refractivity (Wildman–Crippen MR) is 40.2 cm³/mol. The lowest BCUT2D eigenvalue weighted by molar-refractivity contribution is 0.368. The second-order valence-electron chi connectivity index (χ2n) is 1.91. The number of benzene rings is 1. The number of rotatable bonds is 1. The van der Waals surface area contributed by atoms with Gasteiger partial charge in [0.1, 0.15) is 0 Å². The monoisotopic (exact) mass is 176 g/mol. The highest BCUT2D eigenvalue weighted by Gasteiger charge is 2.10. The zero-order valence-electron chi connectivity index (χ0n) is 5.77. The first-order valence-corrected chi connectivity index (χ1v) is 3.32. The van der Waals surface area contributed by atoms with E-state index in [1.165, 1.54) is 19.2 Å². The minimum Gasteiger partial charge on any atom is -0.494 e. The van der Waals surface area contributed by atoms with Crippen LogP contribution in [0.3, 0.4) is 0 Å². The molecule has 0 radical (unpaired) electrons. The van der Waals surface area contributed by atoms with Crippen molar-refractivity contribution < 1.29 is 13.5 Å². The number of thiol groups is 1. The Bertz CT molecular complexity index is 275. The van der Waals surface area contributed by atoms with Gasteiger partial charge in [0.15, 0.2) is 11.6 Å². The molecule has 1 aromatic rings. The van der Waals surface area contributed by atoms with Crippen LogP contribution in [0.4, 0.5) is 8.78 Å². The van der Waals surface area contributed by atoms with Crippen LogP contribution >= 0.6 is 12.6 Å². The van der Waals surface area contributed by atoms with E-state index in [4.69, 9.17) is 0 Å².